The summed E-state index contributed by atoms with van der Waals surface area (Å²) >= 11 is 0. The molecule has 1 atom stereocenters. The van der Waals surface area contributed by atoms with Gasteiger partial charge in [-0.15, -0.1) is 0 Å². The number of hydrogen-bond acceptors (Lipinski definition) is 3. The SMILES string of the molecule is COCc1cccc(CNC(=O)C(N)c2ccc(C)cc2)c1. The van der Waals surface area contributed by atoms with Crippen LogP contribution in [0, 0.1) is 6.92 Å². The molecule has 0 radical (unpaired) electrons. The molecule has 0 aliphatic rings. The minimum absolute atomic E-state index is 0.180. The summed E-state index contributed by atoms with van der Waals surface area (Å²) < 4.78 is 5.11. The van der Waals surface area contributed by atoms with Gasteiger partial charge in [0.25, 0.3) is 0 Å². The number of methoxy groups -OCH3 is 1. The van der Waals surface area contributed by atoms with Crippen LogP contribution in [0.5, 0.6) is 0 Å². The molecule has 4 nitrogen and oxygen atoms in total. The van der Waals surface area contributed by atoms with Crippen LogP contribution in [0.4, 0.5) is 0 Å². The van der Waals surface area contributed by atoms with Gasteiger partial charge in [-0.3, -0.25) is 4.79 Å². The molecule has 1 unspecified atom stereocenters. The van der Waals surface area contributed by atoms with Gasteiger partial charge in [0.1, 0.15) is 6.04 Å². The second-order valence-corrected chi connectivity index (χ2v) is 5.36. The lowest BCUT2D eigenvalue weighted by Gasteiger charge is -2.13. The first-order chi connectivity index (χ1) is 10.6. The van der Waals surface area contributed by atoms with Gasteiger partial charge in [0.2, 0.25) is 5.91 Å². The van der Waals surface area contributed by atoms with Crippen molar-refractivity contribution in [3.63, 3.8) is 0 Å². The van der Waals surface area contributed by atoms with Crippen molar-refractivity contribution in [3.05, 3.63) is 70.8 Å². The van der Waals surface area contributed by atoms with E-state index in [1.807, 2.05) is 55.5 Å². The fourth-order valence-corrected chi connectivity index (χ4v) is 2.22. The molecule has 0 aliphatic heterocycles. The monoisotopic (exact) mass is 298 g/mol. The van der Waals surface area contributed by atoms with Crippen molar-refractivity contribution in [2.75, 3.05) is 7.11 Å². The molecule has 0 heterocycles. The molecule has 0 saturated carbocycles. The third-order valence-electron chi connectivity index (χ3n) is 3.49. The van der Waals surface area contributed by atoms with Crippen molar-refractivity contribution in [2.24, 2.45) is 5.73 Å². The predicted octanol–water partition coefficient (Wildman–Crippen LogP) is 2.46. The van der Waals surface area contributed by atoms with Crippen molar-refractivity contribution in [2.45, 2.75) is 26.1 Å². The first kappa shape index (κ1) is 16.2. The van der Waals surface area contributed by atoms with Crippen molar-refractivity contribution >= 4 is 5.91 Å². The highest BCUT2D eigenvalue weighted by Gasteiger charge is 2.15. The first-order valence-electron chi connectivity index (χ1n) is 7.27. The number of benzene rings is 2. The third kappa shape index (κ3) is 4.41. The summed E-state index contributed by atoms with van der Waals surface area (Å²) in [6.45, 7) is 3.02. The van der Waals surface area contributed by atoms with E-state index in [1.54, 1.807) is 7.11 Å². The highest BCUT2D eigenvalue weighted by Crippen LogP contribution is 2.12. The Balaban J connectivity index is 1.94. The van der Waals surface area contributed by atoms with Gasteiger partial charge >= 0.3 is 0 Å². The van der Waals surface area contributed by atoms with Crippen LogP contribution in [-0.4, -0.2) is 13.0 Å². The molecular formula is C18H22N2O2. The molecule has 0 fully saturated rings. The van der Waals surface area contributed by atoms with Crippen LogP contribution >= 0.6 is 0 Å². The average molecular weight is 298 g/mol. The Hall–Kier alpha value is -2.17. The van der Waals surface area contributed by atoms with E-state index in [2.05, 4.69) is 5.32 Å². The molecule has 2 aromatic rings. The van der Waals surface area contributed by atoms with Gasteiger partial charge in [-0.05, 0) is 23.6 Å². The molecule has 116 valence electrons. The number of carbonyl (C=O) groups excluding carboxylic acids is 1. The van der Waals surface area contributed by atoms with E-state index in [0.29, 0.717) is 13.2 Å². The second-order valence-electron chi connectivity index (χ2n) is 5.36. The van der Waals surface area contributed by atoms with Gasteiger partial charge in [0.15, 0.2) is 0 Å². The summed E-state index contributed by atoms with van der Waals surface area (Å²) in [5.74, 6) is -0.180. The van der Waals surface area contributed by atoms with Crippen LogP contribution in [0.25, 0.3) is 0 Å². The number of aryl methyl sites for hydroxylation is 1. The van der Waals surface area contributed by atoms with E-state index in [4.69, 9.17) is 10.5 Å². The summed E-state index contributed by atoms with van der Waals surface area (Å²) in [5.41, 5.74) is 10.1. The highest BCUT2D eigenvalue weighted by molar-refractivity contribution is 5.82. The summed E-state index contributed by atoms with van der Waals surface area (Å²) in [7, 11) is 1.66. The van der Waals surface area contributed by atoms with Crippen LogP contribution < -0.4 is 11.1 Å². The van der Waals surface area contributed by atoms with Crippen molar-refractivity contribution < 1.29 is 9.53 Å². The molecule has 0 spiro atoms. The lowest BCUT2D eigenvalue weighted by molar-refractivity contribution is -0.122. The zero-order valence-corrected chi connectivity index (χ0v) is 13.0. The van der Waals surface area contributed by atoms with E-state index in [1.165, 1.54) is 0 Å². The van der Waals surface area contributed by atoms with Crippen LogP contribution in [0.15, 0.2) is 48.5 Å². The Labute approximate surface area is 131 Å². The lowest BCUT2D eigenvalue weighted by Crippen LogP contribution is -2.33. The zero-order chi connectivity index (χ0) is 15.9. The van der Waals surface area contributed by atoms with Gasteiger partial charge in [-0.25, -0.2) is 0 Å². The molecule has 4 heteroatoms. The van der Waals surface area contributed by atoms with Crippen molar-refractivity contribution in [1.29, 1.82) is 0 Å². The molecule has 22 heavy (non-hydrogen) atoms. The Morgan fingerprint density at radius 1 is 1.18 bits per heavy atom. The molecule has 0 aromatic heterocycles. The van der Waals surface area contributed by atoms with Crippen LogP contribution in [0.2, 0.25) is 0 Å². The van der Waals surface area contributed by atoms with Crippen molar-refractivity contribution in [1.82, 2.24) is 5.32 Å². The Morgan fingerprint density at radius 2 is 1.86 bits per heavy atom. The summed E-state index contributed by atoms with van der Waals surface area (Å²) in [6.07, 6.45) is 0. The number of ether oxygens (including phenoxy) is 1. The Kier molecular flexibility index (Phi) is 5.69. The van der Waals surface area contributed by atoms with Crippen molar-refractivity contribution in [3.8, 4) is 0 Å². The molecule has 2 aromatic carbocycles. The maximum absolute atomic E-state index is 12.2. The zero-order valence-electron chi connectivity index (χ0n) is 13.0. The second kappa shape index (κ2) is 7.73. The molecule has 1 amide bonds. The van der Waals surface area contributed by atoms with E-state index in [9.17, 15) is 4.79 Å². The number of hydrogen-bond donors (Lipinski definition) is 2. The fourth-order valence-electron chi connectivity index (χ4n) is 2.22. The van der Waals surface area contributed by atoms with E-state index in [0.717, 1.165) is 22.3 Å². The minimum Gasteiger partial charge on any atom is -0.380 e. The lowest BCUT2D eigenvalue weighted by atomic mass is 10.1. The average Bonchev–Trinajstić information content (AvgIpc) is 2.53. The normalized spacial score (nSPS) is 12.0. The number of nitrogens with two attached hydrogens (primary N) is 1. The number of amides is 1. The Bertz CT molecular complexity index is 623. The molecular weight excluding hydrogens is 276 g/mol. The fraction of sp³-hybridized carbons (Fsp3) is 0.278. The first-order valence-corrected chi connectivity index (χ1v) is 7.27. The maximum atomic E-state index is 12.2. The molecule has 0 aliphatic carbocycles. The minimum atomic E-state index is -0.650. The van der Waals surface area contributed by atoms with Gasteiger partial charge in [0.05, 0.1) is 6.61 Å². The largest absolute Gasteiger partial charge is 0.380 e. The molecule has 3 N–H and O–H groups in total. The van der Waals surface area contributed by atoms with E-state index >= 15 is 0 Å². The van der Waals surface area contributed by atoms with Crippen LogP contribution in [0.1, 0.15) is 28.3 Å². The maximum Gasteiger partial charge on any atom is 0.241 e. The van der Waals surface area contributed by atoms with E-state index in [-0.39, 0.29) is 5.91 Å². The molecule has 0 bridgehead atoms. The number of nitrogens with one attached hydrogen (secondary N) is 1. The summed E-state index contributed by atoms with van der Waals surface area (Å²) in [4.78, 5) is 12.2. The quantitative estimate of drug-likeness (QED) is 0.861. The molecule has 0 saturated heterocycles. The van der Waals surface area contributed by atoms with Gasteiger partial charge < -0.3 is 15.8 Å². The van der Waals surface area contributed by atoms with E-state index < -0.39 is 6.04 Å². The molecule has 2 rings (SSSR count). The summed E-state index contributed by atoms with van der Waals surface area (Å²) in [5, 5.41) is 2.88. The third-order valence-corrected chi connectivity index (χ3v) is 3.49. The topological polar surface area (TPSA) is 64.3 Å². The highest BCUT2D eigenvalue weighted by atomic mass is 16.5. The number of rotatable bonds is 6. The van der Waals surface area contributed by atoms with Gasteiger partial charge in [-0.2, -0.15) is 0 Å². The standard InChI is InChI=1S/C18H22N2O2/c1-13-6-8-16(9-7-13)17(19)18(21)20-11-14-4-3-5-15(10-14)12-22-2/h3-10,17H,11-12,19H2,1-2H3,(H,20,21). The Morgan fingerprint density at radius 3 is 2.55 bits per heavy atom. The van der Waals surface area contributed by atoms with Gasteiger partial charge in [-0.1, -0.05) is 54.1 Å². The van der Waals surface area contributed by atoms with Crippen LogP contribution in [0.3, 0.4) is 0 Å². The summed E-state index contributed by atoms with van der Waals surface area (Å²) in [6, 6.07) is 15.0. The predicted molar refractivity (Wildman–Crippen MR) is 87.1 cm³/mol. The van der Waals surface area contributed by atoms with Gasteiger partial charge in [0, 0.05) is 13.7 Å². The van der Waals surface area contributed by atoms with Crippen LogP contribution in [-0.2, 0) is 22.7 Å². The smallest absolute Gasteiger partial charge is 0.241 e. The number of carbonyl (C=O) groups is 1.